The Hall–Kier alpha value is -3.24. The molecule has 4 rings (SSSR count). The average Bonchev–Trinajstić information content (AvgIpc) is 2.81. The van der Waals surface area contributed by atoms with Crippen LogP contribution in [-0.4, -0.2) is 19.9 Å². The molecule has 5 nitrogen and oxygen atoms in total. The van der Waals surface area contributed by atoms with Crippen molar-refractivity contribution in [3.8, 4) is 22.5 Å². The number of allylic oxidation sites excluding steroid dienone is 1. The maximum Gasteiger partial charge on any atom is 3.00 e. The van der Waals surface area contributed by atoms with Crippen LogP contribution < -0.4 is 5.11 Å². The molecule has 33 heavy (non-hydrogen) atoms. The monoisotopic (exact) mass is 525 g/mol. The standard InChI is InChI=1S/2C11H9N2.C5H10O.Ru/c2*1-9-7-11(13-8-12-9)10-5-3-2-4-6-10;1-3-4-5(2)6;/h2*2-7H,1H3;6H,2-4H2,1H3;/q2*-1;;+3/p-1. The van der Waals surface area contributed by atoms with E-state index in [1.807, 2.05) is 93.6 Å². The fraction of sp³-hybridized carbons (Fsp3) is 0.185. The van der Waals surface area contributed by atoms with Crippen molar-refractivity contribution >= 4 is 0 Å². The zero-order valence-corrected chi connectivity index (χ0v) is 20.8. The molecule has 4 aromatic rings. The first kappa shape index (κ1) is 27.8. The summed E-state index contributed by atoms with van der Waals surface area (Å²) in [5, 5.41) is 9.93. The van der Waals surface area contributed by atoms with Crippen LogP contribution >= 0.6 is 0 Å². The molecule has 0 saturated carbocycles. The zero-order chi connectivity index (χ0) is 23.2. The van der Waals surface area contributed by atoms with E-state index in [0.29, 0.717) is 6.42 Å². The summed E-state index contributed by atoms with van der Waals surface area (Å²) in [6.07, 6.45) is 6.80. The van der Waals surface area contributed by atoms with E-state index in [9.17, 15) is 5.11 Å². The molecule has 0 aliphatic rings. The normalized spacial score (nSPS) is 9.30. The maximum atomic E-state index is 9.93. The molecule has 0 amide bonds. The molecule has 0 N–H and O–H groups in total. The first-order valence-corrected chi connectivity index (χ1v) is 10.4. The largest absolute Gasteiger partial charge is 3.00 e. The number of rotatable bonds is 4. The van der Waals surface area contributed by atoms with Gasteiger partial charge in [-0.25, -0.2) is 0 Å². The molecule has 2 aromatic carbocycles. The summed E-state index contributed by atoms with van der Waals surface area (Å²) in [7, 11) is 0. The number of aromatic nitrogens is 4. The Bertz CT molecular complexity index is 1010. The van der Waals surface area contributed by atoms with E-state index in [1.165, 1.54) is 0 Å². The number of nitrogens with zero attached hydrogens (tertiary/aromatic N) is 4. The third-order valence-electron chi connectivity index (χ3n) is 4.15. The van der Waals surface area contributed by atoms with Crippen molar-refractivity contribution in [1.29, 1.82) is 0 Å². The second kappa shape index (κ2) is 15.5. The van der Waals surface area contributed by atoms with Crippen LogP contribution in [0.15, 0.2) is 85.1 Å². The van der Waals surface area contributed by atoms with Crippen molar-refractivity contribution in [2.75, 3.05) is 0 Å². The number of hydrogen-bond acceptors (Lipinski definition) is 5. The van der Waals surface area contributed by atoms with Gasteiger partial charge in [-0.1, -0.05) is 110 Å². The van der Waals surface area contributed by atoms with Crippen molar-refractivity contribution in [3.63, 3.8) is 0 Å². The van der Waals surface area contributed by atoms with Gasteiger partial charge in [-0.2, -0.15) is 0 Å². The minimum atomic E-state index is 0. The second-order valence-electron chi connectivity index (χ2n) is 7.01. The average molecular weight is 525 g/mol. The second-order valence-corrected chi connectivity index (χ2v) is 7.01. The summed E-state index contributed by atoms with van der Waals surface area (Å²) in [6.45, 7) is 9.02. The van der Waals surface area contributed by atoms with Crippen LogP contribution in [0.3, 0.4) is 0 Å². The summed E-state index contributed by atoms with van der Waals surface area (Å²) < 4.78 is 0. The fourth-order valence-corrected chi connectivity index (χ4v) is 2.63. The SMILES string of the molecule is C=C([O-])CCC.Cc1cc(-c2ccccc2)n[c-]n1.Cc1cc(-c2ccccc2)n[c-]n1.[Ru+3]. The summed E-state index contributed by atoms with van der Waals surface area (Å²) in [4.78, 5) is 16.0. The first-order chi connectivity index (χ1) is 15.5. The predicted molar refractivity (Wildman–Crippen MR) is 126 cm³/mol. The van der Waals surface area contributed by atoms with Crippen molar-refractivity contribution in [2.24, 2.45) is 0 Å². The van der Waals surface area contributed by atoms with Crippen molar-refractivity contribution in [2.45, 2.75) is 33.6 Å². The third-order valence-corrected chi connectivity index (χ3v) is 4.15. The Balaban J connectivity index is 0.000000262. The van der Waals surface area contributed by atoms with Crippen LogP contribution in [0.1, 0.15) is 31.2 Å². The minimum absolute atomic E-state index is 0. The molecule has 0 fully saturated rings. The van der Waals surface area contributed by atoms with Gasteiger partial charge in [0.2, 0.25) is 0 Å². The van der Waals surface area contributed by atoms with Gasteiger partial charge in [0.05, 0.1) is 0 Å². The molecule has 0 bridgehead atoms. The fourth-order valence-electron chi connectivity index (χ4n) is 2.63. The van der Waals surface area contributed by atoms with Crippen molar-refractivity contribution in [1.82, 2.24) is 19.9 Å². The van der Waals surface area contributed by atoms with Gasteiger partial charge in [-0.3, -0.25) is 0 Å². The molecule has 0 aliphatic carbocycles. The molecule has 0 atom stereocenters. The Labute approximate surface area is 209 Å². The summed E-state index contributed by atoms with van der Waals surface area (Å²) in [5.41, 5.74) is 5.93. The minimum Gasteiger partial charge on any atom is -0.876 e. The Kier molecular flexibility index (Phi) is 13.1. The molecule has 169 valence electrons. The van der Waals surface area contributed by atoms with Gasteiger partial charge in [0, 0.05) is 12.7 Å². The quantitative estimate of drug-likeness (QED) is 0.209. The summed E-state index contributed by atoms with van der Waals surface area (Å²) in [5.74, 6) is 0.0394. The first-order valence-electron chi connectivity index (χ1n) is 10.4. The Morgan fingerprint density at radius 3 is 1.42 bits per heavy atom. The molecule has 0 spiro atoms. The van der Waals surface area contributed by atoms with Crippen LogP contribution in [0.4, 0.5) is 0 Å². The summed E-state index contributed by atoms with van der Waals surface area (Å²) in [6, 6.07) is 23.9. The molecular weight excluding hydrogens is 497 g/mol. The molecule has 1 radical (unpaired) electrons. The molecule has 0 aliphatic heterocycles. The van der Waals surface area contributed by atoms with Crippen LogP contribution in [0.5, 0.6) is 0 Å². The molecule has 6 heteroatoms. The molecule has 0 unspecified atom stereocenters. The topological polar surface area (TPSA) is 74.6 Å². The molecule has 2 aromatic heterocycles. The van der Waals surface area contributed by atoms with Crippen LogP contribution in [0.2, 0.25) is 0 Å². The van der Waals surface area contributed by atoms with Gasteiger partial charge in [0.1, 0.15) is 0 Å². The van der Waals surface area contributed by atoms with E-state index >= 15 is 0 Å². The van der Waals surface area contributed by atoms with E-state index in [-0.39, 0.29) is 25.2 Å². The van der Waals surface area contributed by atoms with Gasteiger partial charge < -0.3 is 25.0 Å². The van der Waals surface area contributed by atoms with Crippen molar-refractivity contribution in [3.05, 3.63) is 109 Å². The smallest absolute Gasteiger partial charge is 0.876 e. The molecular formula is C27H27N4ORu. The van der Waals surface area contributed by atoms with E-state index in [4.69, 9.17) is 0 Å². The molecule has 2 heterocycles. The van der Waals surface area contributed by atoms with E-state index in [0.717, 1.165) is 40.3 Å². The number of hydrogen-bond donors (Lipinski definition) is 0. The van der Waals surface area contributed by atoms with Gasteiger partial charge in [0.15, 0.2) is 0 Å². The maximum absolute atomic E-state index is 9.93. The van der Waals surface area contributed by atoms with Crippen molar-refractivity contribution < 1.29 is 24.6 Å². The van der Waals surface area contributed by atoms with Gasteiger partial charge in [0.25, 0.3) is 0 Å². The van der Waals surface area contributed by atoms with Gasteiger partial charge >= 0.3 is 19.5 Å². The van der Waals surface area contributed by atoms with Gasteiger partial charge in [-0.15, -0.1) is 24.5 Å². The Morgan fingerprint density at radius 2 is 1.15 bits per heavy atom. The number of aryl methyl sites for hydroxylation is 2. The van der Waals surface area contributed by atoms with E-state index in [1.54, 1.807) is 0 Å². The summed E-state index contributed by atoms with van der Waals surface area (Å²) >= 11 is 0. The third kappa shape index (κ3) is 10.8. The predicted octanol–water partition coefficient (Wildman–Crippen LogP) is 5.16. The van der Waals surface area contributed by atoms with Crippen LogP contribution in [-0.2, 0) is 19.5 Å². The van der Waals surface area contributed by atoms with E-state index in [2.05, 4.69) is 39.2 Å². The van der Waals surface area contributed by atoms with Gasteiger partial charge in [-0.05, 0) is 17.8 Å². The van der Waals surface area contributed by atoms with Crippen LogP contribution in [0, 0.1) is 26.5 Å². The zero-order valence-electron chi connectivity index (χ0n) is 19.1. The number of benzene rings is 2. The van der Waals surface area contributed by atoms with Crippen LogP contribution in [0.25, 0.3) is 22.5 Å². The Morgan fingerprint density at radius 1 is 0.758 bits per heavy atom. The molecule has 0 saturated heterocycles. The van der Waals surface area contributed by atoms with E-state index < -0.39 is 0 Å².